The Balaban J connectivity index is 1.81. The standard InChI is InChI=1S/C17H22N2O8/c1-10(2)11(17(25)27-19-14(22)8-9-15(19)23)4-3-5-16(24)26-18-12(20)6-7-13(18)21/h10-11H,3-9H2,1-2H3/t11-/m1/s1. The number of carbonyl (C=O) groups is 6. The van der Waals surface area contributed by atoms with Gasteiger partial charge in [0.15, 0.2) is 0 Å². The molecule has 1 atom stereocenters. The van der Waals surface area contributed by atoms with Crippen LogP contribution in [-0.2, 0) is 38.4 Å². The van der Waals surface area contributed by atoms with E-state index >= 15 is 0 Å². The fourth-order valence-electron chi connectivity index (χ4n) is 2.81. The average molecular weight is 382 g/mol. The average Bonchev–Trinajstić information content (AvgIpc) is 3.08. The molecular weight excluding hydrogens is 360 g/mol. The zero-order valence-corrected chi connectivity index (χ0v) is 15.3. The van der Waals surface area contributed by atoms with Crippen LogP contribution in [0.1, 0.15) is 58.8 Å². The highest BCUT2D eigenvalue weighted by atomic mass is 16.7. The van der Waals surface area contributed by atoms with Gasteiger partial charge in [-0.05, 0) is 18.8 Å². The van der Waals surface area contributed by atoms with Gasteiger partial charge in [0.25, 0.3) is 23.6 Å². The molecule has 2 saturated heterocycles. The number of amides is 4. The Bertz CT molecular complexity index is 640. The zero-order chi connectivity index (χ0) is 20.1. The molecule has 27 heavy (non-hydrogen) atoms. The quantitative estimate of drug-likeness (QED) is 0.560. The molecule has 0 radical (unpaired) electrons. The summed E-state index contributed by atoms with van der Waals surface area (Å²) in [5.74, 6) is -4.48. The van der Waals surface area contributed by atoms with Gasteiger partial charge < -0.3 is 9.68 Å². The minimum atomic E-state index is -0.751. The Morgan fingerprint density at radius 2 is 1.30 bits per heavy atom. The van der Waals surface area contributed by atoms with Crippen LogP contribution in [0.15, 0.2) is 0 Å². The smallest absolute Gasteiger partial charge is 0.330 e. The van der Waals surface area contributed by atoms with Crippen molar-refractivity contribution < 1.29 is 38.4 Å². The summed E-state index contributed by atoms with van der Waals surface area (Å²) in [4.78, 5) is 79.7. The molecule has 4 amide bonds. The van der Waals surface area contributed by atoms with Crippen LogP contribution in [0.2, 0.25) is 0 Å². The summed E-state index contributed by atoms with van der Waals surface area (Å²) in [6.45, 7) is 3.55. The molecule has 148 valence electrons. The minimum Gasteiger partial charge on any atom is -0.330 e. The molecule has 10 nitrogen and oxygen atoms in total. The molecule has 0 aliphatic carbocycles. The van der Waals surface area contributed by atoms with Crippen LogP contribution >= 0.6 is 0 Å². The van der Waals surface area contributed by atoms with Gasteiger partial charge in [-0.15, -0.1) is 10.1 Å². The van der Waals surface area contributed by atoms with Crippen LogP contribution in [0.5, 0.6) is 0 Å². The van der Waals surface area contributed by atoms with Gasteiger partial charge >= 0.3 is 11.9 Å². The van der Waals surface area contributed by atoms with Crippen LogP contribution in [0.4, 0.5) is 0 Å². The summed E-state index contributed by atoms with van der Waals surface area (Å²) in [5.41, 5.74) is 0. The Labute approximate surface area is 155 Å². The molecule has 10 heteroatoms. The van der Waals surface area contributed by atoms with E-state index in [1.807, 2.05) is 0 Å². The maximum absolute atomic E-state index is 12.3. The third-order valence-electron chi connectivity index (χ3n) is 4.39. The normalized spacial score (nSPS) is 18.5. The zero-order valence-electron chi connectivity index (χ0n) is 15.3. The highest BCUT2D eigenvalue weighted by Gasteiger charge is 2.36. The summed E-state index contributed by atoms with van der Waals surface area (Å²) in [6.07, 6.45) is 0.451. The molecular formula is C17H22N2O8. The van der Waals surface area contributed by atoms with Gasteiger partial charge in [0.2, 0.25) is 0 Å². The molecule has 0 bridgehead atoms. The molecule has 2 fully saturated rings. The van der Waals surface area contributed by atoms with Crippen molar-refractivity contribution in [3.63, 3.8) is 0 Å². The minimum absolute atomic E-state index is 0.0121. The van der Waals surface area contributed by atoms with Crippen LogP contribution in [-0.4, -0.2) is 45.7 Å². The number of rotatable bonds is 8. The number of hydroxylamine groups is 4. The van der Waals surface area contributed by atoms with Crippen LogP contribution < -0.4 is 0 Å². The molecule has 2 heterocycles. The maximum atomic E-state index is 12.3. The lowest BCUT2D eigenvalue weighted by Crippen LogP contribution is -2.36. The van der Waals surface area contributed by atoms with Crippen molar-refractivity contribution in [3.05, 3.63) is 0 Å². The van der Waals surface area contributed by atoms with Crippen molar-refractivity contribution in [2.24, 2.45) is 11.8 Å². The van der Waals surface area contributed by atoms with Crippen molar-refractivity contribution in [2.75, 3.05) is 0 Å². The predicted molar refractivity (Wildman–Crippen MR) is 86.5 cm³/mol. The van der Waals surface area contributed by atoms with E-state index in [1.54, 1.807) is 13.8 Å². The van der Waals surface area contributed by atoms with Crippen molar-refractivity contribution in [1.82, 2.24) is 10.1 Å². The van der Waals surface area contributed by atoms with Gasteiger partial charge in [-0.2, -0.15) is 0 Å². The monoisotopic (exact) mass is 382 g/mol. The molecule has 2 aliphatic heterocycles. The number of carbonyl (C=O) groups excluding carboxylic acids is 6. The number of hydrogen-bond acceptors (Lipinski definition) is 8. The van der Waals surface area contributed by atoms with Gasteiger partial charge in [0, 0.05) is 32.1 Å². The first-order valence-corrected chi connectivity index (χ1v) is 8.85. The van der Waals surface area contributed by atoms with E-state index in [9.17, 15) is 28.8 Å². The van der Waals surface area contributed by atoms with Gasteiger partial charge in [0.1, 0.15) is 0 Å². The van der Waals surface area contributed by atoms with Gasteiger partial charge in [-0.25, -0.2) is 9.59 Å². The fraction of sp³-hybridized carbons (Fsp3) is 0.647. The Kier molecular flexibility index (Phi) is 6.65. The maximum Gasteiger partial charge on any atom is 0.336 e. The Morgan fingerprint density at radius 3 is 1.74 bits per heavy atom. The van der Waals surface area contributed by atoms with E-state index in [0.29, 0.717) is 10.1 Å². The molecule has 0 N–H and O–H groups in total. The van der Waals surface area contributed by atoms with Crippen LogP contribution in [0, 0.1) is 11.8 Å². The highest BCUT2D eigenvalue weighted by Crippen LogP contribution is 2.23. The summed E-state index contributed by atoms with van der Waals surface area (Å²) < 4.78 is 0. The first kappa shape index (κ1) is 20.5. The lowest BCUT2D eigenvalue weighted by Gasteiger charge is -2.21. The Hall–Kier alpha value is -2.78. The van der Waals surface area contributed by atoms with Crippen LogP contribution in [0.3, 0.4) is 0 Å². The highest BCUT2D eigenvalue weighted by molar-refractivity contribution is 6.02. The Morgan fingerprint density at radius 1 is 0.852 bits per heavy atom. The fourth-order valence-corrected chi connectivity index (χ4v) is 2.81. The largest absolute Gasteiger partial charge is 0.336 e. The van der Waals surface area contributed by atoms with Crippen molar-refractivity contribution >= 4 is 35.6 Å². The summed E-state index contributed by atoms with van der Waals surface area (Å²) >= 11 is 0. The van der Waals surface area contributed by atoms with E-state index in [-0.39, 0.29) is 50.9 Å². The second-order valence-electron chi connectivity index (χ2n) is 6.78. The molecule has 2 aliphatic rings. The number of imide groups is 2. The topological polar surface area (TPSA) is 127 Å². The van der Waals surface area contributed by atoms with Gasteiger partial charge in [-0.1, -0.05) is 13.8 Å². The first-order valence-electron chi connectivity index (χ1n) is 8.85. The van der Waals surface area contributed by atoms with Crippen molar-refractivity contribution in [1.29, 1.82) is 0 Å². The van der Waals surface area contributed by atoms with E-state index in [1.165, 1.54) is 0 Å². The predicted octanol–water partition coefficient (Wildman–Crippen LogP) is 0.643. The van der Waals surface area contributed by atoms with Crippen LogP contribution in [0.25, 0.3) is 0 Å². The lowest BCUT2D eigenvalue weighted by molar-refractivity contribution is -0.202. The molecule has 2 rings (SSSR count). The number of hydrogen-bond donors (Lipinski definition) is 0. The first-order chi connectivity index (χ1) is 12.7. The van der Waals surface area contributed by atoms with Crippen molar-refractivity contribution in [3.8, 4) is 0 Å². The third-order valence-corrected chi connectivity index (χ3v) is 4.39. The van der Waals surface area contributed by atoms with Crippen molar-refractivity contribution in [2.45, 2.75) is 58.8 Å². The van der Waals surface area contributed by atoms with Gasteiger partial charge in [-0.3, -0.25) is 19.2 Å². The molecule has 0 aromatic heterocycles. The summed E-state index contributed by atoms with van der Waals surface area (Å²) in [5, 5.41) is 0.970. The molecule has 0 spiro atoms. The third kappa shape index (κ3) is 5.11. The molecule has 0 saturated carbocycles. The second kappa shape index (κ2) is 8.74. The molecule has 0 unspecified atom stereocenters. The lowest BCUT2D eigenvalue weighted by atomic mass is 9.91. The SMILES string of the molecule is CC(C)[C@@H](CCCC(=O)ON1C(=O)CCC1=O)C(=O)ON1C(=O)CCC1=O. The molecule has 0 aromatic carbocycles. The number of nitrogens with zero attached hydrogens (tertiary/aromatic N) is 2. The summed E-state index contributed by atoms with van der Waals surface area (Å²) in [6, 6.07) is 0. The summed E-state index contributed by atoms with van der Waals surface area (Å²) in [7, 11) is 0. The van der Waals surface area contributed by atoms with E-state index in [2.05, 4.69) is 0 Å². The van der Waals surface area contributed by atoms with E-state index in [0.717, 1.165) is 0 Å². The van der Waals surface area contributed by atoms with Gasteiger partial charge in [0.05, 0.1) is 5.92 Å². The van der Waals surface area contributed by atoms with E-state index in [4.69, 9.17) is 9.68 Å². The molecule has 0 aromatic rings. The second-order valence-corrected chi connectivity index (χ2v) is 6.78. The van der Waals surface area contributed by atoms with E-state index < -0.39 is 41.5 Å².